The van der Waals surface area contributed by atoms with Crippen molar-refractivity contribution in [3.63, 3.8) is 0 Å². The molecule has 1 aliphatic heterocycles. The SMILES string of the molecule is CCCCCC(CCCCC)CCCCCCCCCCC(CCCCCCCCCOC)CCCN1CCOCC1. The van der Waals surface area contributed by atoms with E-state index >= 15 is 0 Å². The van der Waals surface area contributed by atoms with E-state index < -0.39 is 0 Å². The van der Waals surface area contributed by atoms with E-state index in [-0.39, 0.29) is 0 Å². The van der Waals surface area contributed by atoms with Gasteiger partial charge in [-0.1, -0.05) is 174 Å². The molecule has 3 heteroatoms. The molecule has 3 nitrogen and oxygen atoms in total. The second-order valence-corrected chi connectivity index (χ2v) is 14.0. The van der Waals surface area contributed by atoms with Gasteiger partial charge in [-0.3, -0.25) is 4.90 Å². The highest BCUT2D eigenvalue weighted by molar-refractivity contribution is 4.66. The molecule has 1 atom stereocenters. The van der Waals surface area contributed by atoms with Crippen LogP contribution < -0.4 is 0 Å². The van der Waals surface area contributed by atoms with Crippen molar-refractivity contribution < 1.29 is 9.47 Å². The minimum Gasteiger partial charge on any atom is -0.385 e. The number of rotatable bonds is 33. The van der Waals surface area contributed by atoms with E-state index in [1.54, 1.807) is 0 Å². The molecule has 0 spiro atoms. The van der Waals surface area contributed by atoms with Crippen LogP contribution in [0.3, 0.4) is 0 Å². The first-order chi connectivity index (χ1) is 20.8. The number of nitrogens with zero attached hydrogens (tertiary/aromatic N) is 1. The monoisotopic (exact) mass is 594 g/mol. The van der Waals surface area contributed by atoms with E-state index in [1.807, 2.05) is 7.11 Å². The molecule has 0 radical (unpaired) electrons. The lowest BCUT2D eigenvalue weighted by Crippen LogP contribution is -2.36. The molecule has 252 valence electrons. The Kier molecular flexibility index (Phi) is 30.7. The Morgan fingerprint density at radius 2 is 0.833 bits per heavy atom. The fraction of sp³-hybridized carbons (Fsp3) is 1.00. The van der Waals surface area contributed by atoms with Crippen molar-refractivity contribution >= 4 is 0 Å². The Morgan fingerprint density at radius 3 is 1.24 bits per heavy atom. The number of unbranched alkanes of at least 4 members (excludes halogenated alkanes) is 17. The molecule has 1 fully saturated rings. The van der Waals surface area contributed by atoms with E-state index in [0.29, 0.717) is 0 Å². The zero-order chi connectivity index (χ0) is 30.2. The van der Waals surface area contributed by atoms with Crippen molar-refractivity contribution in [3.05, 3.63) is 0 Å². The molecule has 0 aromatic heterocycles. The van der Waals surface area contributed by atoms with Gasteiger partial charge in [-0.05, 0) is 37.6 Å². The first-order valence-corrected chi connectivity index (χ1v) is 19.6. The van der Waals surface area contributed by atoms with Crippen LogP contribution in [0.25, 0.3) is 0 Å². The average Bonchev–Trinajstić information content (AvgIpc) is 3.01. The maximum Gasteiger partial charge on any atom is 0.0594 e. The van der Waals surface area contributed by atoms with Crippen LogP contribution >= 0.6 is 0 Å². The predicted octanol–water partition coefficient (Wildman–Crippen LogP) is 12.2. The van der Waals surface area contributed by atoms with Crippen LogP contribution in [0, 0.1) is 11.8 Å². The van der Waals surface area contributed by atoms with Gasteiger partial charge in [-0.15, -0.1) is 0 Å². The third-order valence-corrected chi connectivity index (χ3v) is 10.1. The van der Waals surface area contributed by atoms with Gasteiger partial charge in [0.15, 0.2) is 0 Å². The molecular formula is C39H79NO2. The fourth-order valence-electron chi connectivity index (χ4n) is 7.15. The van der Waals surface area contributed by atoms with E-state index in [0.717, 1.165) is 44.7 Å². The molecule has 1 aliphatic rings. The Labute approximate surface area is 266 Å². The number of ether oxygens (including phenoxy) is 2. The Morgan fingerprint density at radius 1 is 0.476 bits per heavy atom. The quantitative estimate of drug-likeness (QED) is 0.0706. The number of hydrogen-bond acceptors (Lipinski definition) is 3. The normalized spacial score (nSPS) is 15.1. The molecule has 1 unspecified atom stereocenters. The van der Waals surface area contributed by atoms with E-state index in [9.17, 15) is 0 Å². The second kappa shape index (κ2) is 32.3. The van der Waals surface area contributed by atoms with Crippen molar-refractivity contribution in [2.45, 2.75) is 194 Å². The van der Waals surface area contributed by atoms with Crippen LogP contribution in [0.1, 0.15) is 194 Å². The van der Waals surface area contributed by atoms with Crippen LogP contribution in [0.2, 0.25) is 0 Å². The molecule has 42 heavy (non-hydrogen) atoms. The molecule has 1 heterocycles. The van der Waals surface area contributed by atoms with Crippen molar-refractivity contribution in [2.24, 2.45) is 11.8 Å². The fourth-order valence-corrected chi connectivity index (χ4v) is 7.15. The maximum absolute atomic E-state index is 5.55. The minimum absolute atomic E-state index is 0.936. The van der Waals surface area contributed by atoms with Gasteiger partial charge in [0.2, 0.25) is 0 Å². The van der Waals surface area contributed by atoms with Crippen LogP contribution in [-0.2, 0) is 9.47 Å². The summed E-state index contributed by atoms with van der Waals surface area (Å²) in [5.74, 6) is 1.99. The zero-order valence-electron chi connectivity index (χ0n) is 29.5. The molecule has 0 aromatic rings. The Bertz CT molecular complexity index is 497. The van der Waals surface area contributed by atoms with Gasteiger partial charge in [-0.25, -0.2) is 0 Å². The van der Waals surface area contributed by atoms with Gasteiger partial charge >= 0.3 is 0 Å². The third-order valence-electron chi connectivity index (χ3n) is 10.1. The summed E-state index contributed by atoms with van der Waals surface area (Å²) in [5.41, 5.74) is 0. The number of hydrogen-bond donors (Lipinski definition) is 0. The van der Waals surface area contributed by atoms with Gasteiger partial charge < -0.3 is 9.47 Å². The molecule has 0 N–H and O–H groups in total. The summed E-state index contributed by atoms with van der Waals surface area (Å²) in [5, 5.41) is 0. The highest BCUT2D eigenvalue weighted by atomic mass is 16.5. The largest absolute Gasteiger partial charge is 0.385 e. The zero-order valence-corrected chi connectivity index (χ0v) is 29.5. The maximum atomic E-state index is 5.55. The van der Waals surface area contributed by atoms with Gasteiger partial charge in [0, 0.05) is 26.8 Å². The van der Waals surface area contributed by atoms with E-state index in [4.69, 9.17) is 9.47 Å². The van der Waals surface area contributed by atoms with Crippen LogP contribution in [-0.4, -0.2) is 51.5 Å². The lowest BCUT2D eigenvalue weighted by Gasteiger charge is -2.27. The lowest BCUT2D eigenvalue weighted by atomic mass is 9.89. The topological polar surface area (TPSA) is 21.7 Å². The molecule has 1 saturated heterocycles. The summed E-state index contributed by atoms with van der Waals surface area (Å²) in [4.78, 5) is 2.63. The van der Waals surface area contributed by atoms with Gasteiger partial charge in [0.05, 0.1) is 13.2 Å². The standard InChI is InChI=1S/C39H79NO2/c1-4-6-19-26-38(27-20-7-5-2)28-21-15-11-8-9-12-16-22-29-39(31-25-32-40-33-36-42-37-34-40)30-23-17-13-10-14-18-24-35-41-3/h38-39H,4-37H2,1-3H3. The molecular weight excluding hydrogens is 514 g/mol. The van der Waals surface area contributed by atoms with Crippen LogP contribution in [0.15, 0.2) is 0 Å². The third kappa shape index (κ3) is 26.3. The number of methoxy groups -OCH3 is 1. The summed E-state index contributed by atoms with van der Waals surface area (Å²) in [7, 11) is 1.82. The highest BCUT2D eigenvalue weighted by Crippen LogP contribution is 2.25. The molecule has 0 bridgehead atoms. The van der Waals surface area contributed by atoms with Gasteiger partial charge in [0.1, 0.15) is 0 Å². The van der Waals surface area contributed by atoms with Gasteiger partial charge in [0.25, 0.3) is 0 Å². The Balaban J connectivity index is 2.12. The van der Waals surface area contributed by atoms with Crippen LogP contribution in [0.5, 0.6) is 0 Å². The summed E-state index contributed by atoms with van der Waals surface area (Å²) in [6.07, 6.45) is 40.4. The number of morpholine rings is 1. The summed E-state index contributed by atoms with van der Waals surface area (Å²) < 4.78 is 10.7. The van der Waals surface area contributed by atoms with E-state index in [1.165, 1.54) is 186 Å². The Hall–Kier alpha value is -0.120. The summed E-state index contributed by atoms with van der Waals surface area (Å²) >= 11 is 0. The van der Waals surface area contributed by atoms with Crippen LogP contribution in [0.4, 0.5) is 0 Å². The molecule has 0 amide bonds. The van der Waals surface area contributed by atoms with Crippen molar-refractivity contribution in [3.8, 4) is 0 Å². The first-order valence-electron chi connectivity index (χ1n) is 19.6. The summed E-state index contributed by atoms with van der Waals surface area (Å²) in [6, 6.07) is 0. The van der Waals surface area contributed by atoms with Gasteiger partial charge in [-0.2, -0.15) is 0 Å². The van der Waals surface area contributed by atoms with Crippen molar-refractivity contribution in [2.75, 3.05) is 46.6 Å². The minimum atomic E-state index is 0.936. The second-order valence-electron chi connectivity index (χ2n) is 14.0. The highest BCUT2D eigenvalue weighted by Gasteiger charge is 2.13. The molecule has 1 rings (SSSR count). The van der Waals surface area contributed by atoms with Crippen molar-refractivity contribution in [1.29, 1.82) is 0 Å². The molecule has 0 aromatic carbocycles. The predicted molar refractivity (Wildman–Crippen MR) is 187 cm³/mol. The molecule has 0 aliphatic carbocycles. The van der Waals surface area contributed by atoms with E-state index in [2.05, 4.69) is 18.7 Å². The first kappa shape index (κ1) is 39.9. The van der Waals surface area contributed by atoms with Crippen molar-refractivity contribution in [1.82, 2.24) is 4.90 Å². The average molecular weight is 594 g/mol. The molecule has 0 saturated carbocycles. The lowest BCUT2D eigenvalue weighted by molar-refractivity contribution is 0.0365. The smallest absolute Gasteiger partial charge is 0.0594 e. The summed E-state index contributed by atoms with van der Waals surface area (Å²) in [6.45, 7) is 11.1.